The Morgan fingerprint density at radius 3 is 1.03 bits per heavy atom. The van der Waals surface area contributed by atoms with Gasteiger partial charge >= 0.3 is 17.9 Å². The monoisotopic (exact) mass is 853 g/mol. The molecule has 0 fully saturated rings. The fourth-order valence-corrected chi connectivity index (χ4v) is 7.13. The fourth-order valence-electron chi connectivity index (χ4n) is 7.13. The minimum atomic E-state index is -0.781. The van der Waals surface area contributed by atoms with E-state index in [-0.39, 0.29) is 31.1 Å². The molecule has 0 aliphatic rings. The van der Waals surface area contributed by atoms with Crippen molar-refractivity contribution in [2.45, 2.75) is 258 Å². The number of unbranched alkanes of at least 4 members (excludes halogenated alkanes) is 25. The zero-order valence-corrected chi connectivity index (χ0v) is 40.2. The smallest absolute Gasteiger partial charge is 0.306 e. The summed E-state index contributed by atoms with van der Waals surface area (Å²) in [5, 5.41) is 0. The second-order valence-electron chi connectivity index (χ2n) is 17.1. The van der Waals surface area contributed by atoms with Crippen molar-refractivity contribution in [1.82, 2.24) is 0 Å². The van der Waals surface area contributed by atoms with E-state index in [0.717, 1.165) is 103 Å². The summed E-state index contributed by atoms with van der Waals surface area (Å²) in [6.07, 6.45) is 60.6. The Morgan fingerprint density at radius 1 is 0.344 bits per heavy atom. The highest BCUT2D eigenvalue weighted by Gasteiger charge is 2.19. The summed E-state index contributed by atoms with van der Waals surface area (Å²) in [6, 6.07) is 0. The number of hydrogen-bond donors (Lipinski definition) is 0. The largest absolute Gasteiger partial charge is 0.462 e. The molecule has 0 aromatic carbocycles. The van der Waals surface area contributed by atoms with Crippen molar-refractivity contribution in [3.8, 4) is 0 Å². The summed E-state index contributed by atoms with van der Waals surface area (Å²) in [7, 11) is 0. The molecule has 0 bridgehead atoms. The van der Waals surface area contributed by atoms with E-state index in [9.17, 15) is 14.4 Å². The molecule has 0 radical (unpaired) electrons. The highest BCUT2D eigenvalue weighted by Crippen LogP contribution is 2.15. The lowest BCUT2D eigenvalue weighted by atomic mass is 10.1. The molecule has 6 nitrogen and oxygen atoms in total. The third-order valence-electron chi connectivity index (χ3n) is 11.0. The maximum Gasteiger partial charge on any atom is 0.306 e. The first-order valence-electron chi connectivity index (χ1n) is 25.8. The minimum Gasteiger partial charge on any atom is -0.462 e. The van der Waals surface area contributed by atoms with Crippen molar-refractivity contribution in [3.63, 3.8) is 0 Å². The average molecular weight is 853 g/mol. The van der Waals surface area contributed by atoms with Gasteiger partial charge in [-0.2, -0.15) is 0 Å². The fraction of sp³-hybridized carbons (Fsp3) is 0.764. The molecule has 0 heterocycles. The van der Waals surface area contributed by atoms with Crippen LogP contribution < -0.4 is 0 Å². The average Bonchev–Trinajstić information content (AvgIpc) is 3.26. The lowest BCUT2D eigenvalue weighted by Crippen LogP contribution is -2.30. The molecule has 0 aliphatic heterocycles. The zero-order valence-electron chi connectivity index (χ0n) is 40.2. The van der Waals surface area contributed by atoms with Crippen LogP contribution in [0.25, 0.3) is 0 Å². The normalized spacial score (nSPS) is 12.5. The van der Waals surface area contributed by atoms with Gasteiger partial charge in [-0.3, -0.25) is 14.4 Å². The van der Waals surface area contributed by atoms with E-state index >= 15 is 0 Å². The van der Waals surface area contributed by atoms with Gasteiger partial charge in [-0.25, -0.2) is 0 Å². The predicted molar refractivity (Wildman–Crippen MR) is 261 cm³/mol. The molecule has 0 saturated heterocycles. The van der Waals surface area contributed by atoms with Crippen LogP contribution in [0.4, 0.5) is 0 Å². The van der Waals surface area contributed by atoms with E-state index in [0.29, 0.717) is 19.3 Å². The second kappa shape index (κ2) is 49.8. The molecule has 0 spiro atoms. The van der Waals surface area contributed by atoms with Gasteiger partial charge in [-0.05, 0) is 83.5 Å². The Balaban J connectivity index is 4.37. The van der Waals surface area contributed by atoms with E-state index in [1.165, 1.54) is 109 Å². The summed E-state index contributed by atoms with van der Waals surface area (Å²) in [5.41, 5.74) is 0. The molecule has 0 rings (SSSR count). The SMILES string of the molecule is CC/C=C\C/C=C\C/C=C\CCCCCCCCC(=O)OC(COC(=O)CCCCCCCCC/C=C\C/C=C\CCCCC)COC(=O)CCCCCCCCCCCC. The van der Waals surface area contributed by atoms with Gasteiger partial charge in [0.1, 0.15) is 13.2 Å². The van der Waals surface area contributed by atoms with E-state index in [4.69, 9.17) is 14.2 Å². The topological polar surface area (TPSA) is 78.9 Å². The summed E-state index contributed by atoms with van der Waals surface area (Å²) >= 11 is 0. The van der Waals surface area contributed by atoms with E-state index in [1.807, 2.05) is 0 Å². The van der Waals surface area contributed by atoms with Crippen molar-refractivity contribution in [1.29, 1.82) is 0 Å². The molecule has 6 heteroatoms. The standard InChI is InChI=1S/C55H96O6/c1-4-7-10-13-16-19-22-24-26-28-30-31-33-36-39-42-45-48-54(57)60-51-52(50-59-53(56)47-44-41-38-35-21-18-15-12-9-6-3)61-55(58)49-46-43-40-37-34-32-29-27-25-23-20-17-14-11-8-5-2/h8,11,16-17,19-20,24-27,52H,4-7,9-10,12-15,18,21-23,28-51H2,1-3H3/b11-8-,19-16-,20-17-,26-24-,27-25-. The number of rotatable bonds is 46. The van der Waals surface area contributed by atoms with E-state index < -0.39 is 6.10 Å². The van der Waals surface area contributed by atoms with Gasteiger partial charge in [0.25, 0.3) is 0 Å². The zero-order chi connectivity index (χ0) is 44.4. The number of ether oxygens (including phenoxy) is 3. The van der Waals surface area contributed by atoms with Crippen LogP contribution in [-0.2, 0) is 28.6 Å². The van der Waals surface area contributed by atoms with Crippen LogP contribution in [0.2, 0.25) is 0 Å². The highest BCUT2D eigenvalue weighted by molar-refractivity contribution is 5.71. The van der Waals surface area contributed by atoms with Crippen molar-refractivity contribution in [2.24, 2.45) is 0 Å². The second-order valence-corrected chi connectivity index (χ2v) is 17.1. The number of esters is 3. The van der Waals surface area contributed by atoms with Crippen LogP contribution >= 0.6 is 0 Å². The molecule has 0 N–H and O–H groups in total. The van der Waals surface area contributed by atoms with Gasteiger partial charge < -0.3 is 14.2 Å². The minimum absolute atomic E-state index is 0.0807. The summed E-state index contributed by atoms with van der Waals surface area (Å²) in [5.74, 6) is -0.899. The Morgan fingerprint density at radius 2 is 0.639 bits per heavy atom. The van der Waals surface area contributed by atoms with Crippen molar-refractivity contribution < 1.29 is 28.6 Å². The van der Waals surface area contributed by atoms with Gasteiger partial charge in [0, 0.05) is 19.3 Å². The first kappa shape index (κ1) is 58.1. The van der Waals surface area contributed by atoms with Crippen molar-refractivity contribution in [2.75, 3.05) is 13.2 Å². The van der Waals surface area contributed by atoms with Gasteiger partial charge in [0.15, 0.2) is 6.10 Å². The van der Waals surface area contributed by atoms with Gasteiger partial charge in [-0.1, -0.05) is 210 Å². The molecular weight excluding hydrogens is 757 g/mol. The molecule has 1 unspecified atom stereocenters. The number of carbonyl (C=O) groups excluding carboxylic acids is 3. The highest BCUT2D eigenvalue weighted by atomic mass is 16.6. The van der Waals surface area contributed by atoms with Gasteiger partial charge in [0.2, 0.25) is 0 Å². The quantitative estimate of drug-likeness (QED) is 0.0263. The third-order valence-corrected chi connectivity index (χ3v) is 11.0. The Bertz CT molecular complexity index is 1120. The molecule has 61 heavy (non-hydrogen) atoms. The molecule has 0 saturated carbocycles. The molecule has 0 aromatic heterocycles. The predicted octanol–water partition coefficient (Wildman–Crippen LogP) is 16.9. The molecule has 1 atom stereocenters. The summed E-state index contributed by atoms with van der Waals surface area (Å²) < 4.78 is 16.8. The Kier molecular flexibility index (Phi) is 47.4. The lowest BCUT2D eigenvalue weighted by molar-refractivity contribution is -0.167. The maximum atomic E-state index is 12.8. The number of allylic oxidation sites excluding steroid dienone is 10. The first-order valence-corrected chi connectivity index (χ1v) is 25.8. The first-order chi connectivity index (χ1) is 30.0. The van der Waals surface area contributed by atoms with Crippen LogP contribution in [-0.4, -0.2) is 37.2 Å². The van der Waals surface area contributed by atoms with Crippen molar-refractivity contribution >= 4 is 17.9 Å². The number of carbonyl (C=O) groups is 3. The summed E-state index contributed by atoms with van der Waals surface area (Å²) in [6.45, 7) is 6.48. The molecular formula is C55H96O6. The summed E-state index contributed by atoms with van der Waals surface area (Å²) in [4.78, 5) is 37.9. The number of hydrogen-bond acceptors (Lipinski definition) is 6. The molecule has 0 aromatic rings. The third kappa shape index (κ3) is 48.0. The maximum absolute atomic E-state index is 12.8. The van der Waals surface area contributed by atoms with Crippen LogP contribution in [0, 0.1) is 0 Å². The van der Waals surface area contributed by atoms with Crippen LogP contribution in [0.1, 0.15) is 252 Å². The van der Waals surface area contributed by atoms with Crippen LogP contribution in [0.15, 0.2) is 60.8 Å². The Labute approximate surface area is 377 Å². The van der Waals surface area contributed by atoms with Gasteiger partial charge in [0.05, 0.1) is 0 Å². The van der Waals surface area contributed by atoms with E-state index in [2.05, 4.69) is 81.5 Å². The van der Waals surface area contributed by atoms with Crippen LogP contribution in [0.5, 0.6) is 0 Å². The van der Waals surface area contributed by atoms with Crippen molar-refractivity contribution in [3.05, 3.63) is 60.8 Å². The molecule has 352 valence electrons. The molecule has 0 aliphatic carbocycles. The van der Waals surface area contributed by atoms with Crippen LogP contribution in [0.3, 0.4) is 0 Å². The van der Waals surface area contributed by atoms with Gasteiger partial charge in [-0.15, -0.1) is 0 Å². The van der Waals surface area contributed by atoms with E-state index in [1.54, 1.807) is 0 Å². The lowest BCUT2D eigenvalue weighted by Gasteiger charge is -2.18. The molecule has 0 amide bonds. The Hall–Kier alpha value is -2.89.